The molecule has 0 spiro atoms. The fraction of sp³-hybridized carbons (Fsp3) is 0.360. The number of hydrogen-bond donors (Lipinski definition) is 2. The minimum Gasteiger partial charge on any atom is -0.475 e. The zero-order valence-electron chi connectivity index (χ0n) is 19.6. The number of anilines is 2. The summed E-state index contributed by atoms with van der Waals surface area (Å²) in [5, 5.41) is 3.44. The van der Waals surface area contributed by atoms with E-state index in [-0.39, 0.29) is 16.9 Å². The van der Waals surface area contributed by atoms with Crippen molar-refractivity contribution in [1.82, 2.24) is 9.97 Å². The summed E-state index contributed by atoms with van der Waals surface area (Å²) in [5.41, 5.74) is 5.20. The highest BCUT2D eigenvalue weighted by molar-refractivity contribution is 7.92. The fourth-order valence-corrected chi connectivity index (χ4v) is 5.19. The average molecular weight is 467 g/mol. The lowest BCUT2D eigenvalue weighted by Crippen LogP contribution is -2.30. The van der Waals surface area contributed by atoms with Gasteiger partial charge in [0.05, 0.1) is 16.6 Å². The van der Waals surface area contributed by atoms with Gasteiger partial charge in [-0.3, -0.25) is 0 Å². The molecule has 0 unspecified atom stereocenters. The molecule has 2 N–H and O–H groups in total. The third-order valence-corrected chi connectivity index (χ3v) is 7.06. The smallest absolute Gasteiger partial charge is 0.264 e. The Morgan fingerprint density at radius 1 is 1.06 bits per heavy atom. The predicted molar refractivity (Wildman–Crippen MR) is 131 cm³/mol. The van der Waals surface area contributed by atoms with Crippen LogP contribution in [0.1, 0.15) is 37.0 Å². The van der Waals surface area contributed by atoms with Crippen LogP contribution in [0.4, 0.5) is 11.6 Å². The van der Waals surface area contributed by atoms with E-state index in [2.05, 4.69) is 33.9 Å². The number of nitrogens with zero attached hydrogens (tertiary/aromatic N) is 2. The molecule has 8 heteroatoms. The molecule has 0 amide bonds. The van der Waals surface area contributed by atoms with E-state index in [1.807, 2.05) is 45.0 Å². The molecule has 1 aromatic heterocycles. The van der Waals surface area contributed by atoms with E-state index in [4.69, 9.17) is 4.74 Å². The van der Waals surface area contributed by atoms with Crippen LogP contribution in [0, 0.1) is 26.7 Å². The van der Waals surface area contributed by atoms with Crippen LogP contribution >= 0.6 is 0 Å². The molecule has 4 bridgehead atoms. The maximum Gasteiger partial charge on any atom is 0.264 e. The van der Waals surface area contributed by atoms with E-state index in [1.165, 1.54) is 0 Å². The van der Waals surface area contributed by atoms with Gasteiger partial charge in [0.25, 0.3) is 10.0 Å². The number of aromatic nitrogens is 2. The number of rotatable bonds is 3. The molecular formula is C25H30N4O3S. The van der Waals surface area contributed by atoms with E-state index >= 15 is 0 Å². The first kappa shape index (κ1) is 23.0. The first-order chi connectivity index (χ1) is 15.6. The highest BCUT2D eigenvalue weighted by atomic mass is 32.2. The van der Waals surface area contributed by atoms with Crippen LogP contribution in [0.3, 0.4) is 0 Å². The van der Waals surface area contributed by atoms with Gasteiger partial charge in [0.15, 0.2) is 0 Å². The number of nitrogens with one attached hydrogen (secondary N) is 2. The summed E-state index contributed by atoms with van der Waals surface area (Å²) < 4.78 is 35.1. The Balaban J connectivity index is 1.89. The Labute approximate surface area is 195 Å². The number of fused-ring (bicyclic) bond motifs is 4. The molecule has 33 heavy (non-hydrogen) atoms. The lowest BCUT2D eigenvalue weighted by molar-refractivity contribution is 0.269. The number of hydrogen-bond acceptors (Lipinski definition) is 6. The molecule has 0 saturated carbocycles. The van der Waals surface area contributed by atoms with Crippen molar-refractivity contribution in [2.24, 2.45) is 5.92 Å². The van der Waals surface area contributed by atoms with Gasteiger partial charge in [-0.15, -0.1) is 0 Å². The molecule has 1 aliphatic rings. The molecule has 174 valence electrons. The topological polar surface area (TPSA) is 93.2 Å². The van der Waals surface area contributed by atoms with Crippen molar-refractivity contribution in [3.63, 3.8) is 0 Å². The molecular weight excluding hydrogens is 436 g/mol. The van der Waals surface area contributed by atoms with Gasteiger partial charge in [-0.05, 0) is 62.4 Å². The zero-order valence-corrected chi connectivity index (χ0v) is 20.5. The van der Waals surface area contributed by atoms with Crippen LogP contribution in [0.15, 0.2) is 47.4 Å². The molecule has 7 nitrogen and oxygen atoms in total. The van der Waals surface area contributed by atoms with Gasteiger partial charge in [0.1, 0.15) is 6.61 Å². The quantitative estimate of drug-likeness (QED) is 0.559. The Kier molecular flexibility index (Phi) is 6.30. The van der Waals surface area contributed by atoms with Gasteiger partial charge in [-0.25, -0.2) is 18.1 Å². The molecule has 3 aromatic rings. The van der Waals surface area contributed by atoms with Crippen LogP contribution in [0.25, 0.3) is 11.3 Å². The van der Waals surface area contributed by atoms with Crippen molar-refractivity contribution in [1.29, 1.82) is 0 Å². The van der Waals surface area contributed by atoms with Crippen LogP contribution in [-0.2, 0) is 10.0 Å². The summed E-state index contributed by atoms with van der Waals surface area (Å²) in [6.45, 7) is 10.6. The second-order valence-electron chi connectivity index (χ2n) is 9.01. The third-order valence-electron chi connectivity index (χ3n) is 5.74. The van der Waals surface area contributed by atoms with E-state index in [9.17, 15) is 8.42 Å². The Morgan fingerprint density at radius 3 is 2.45 bits per heavy atom. The first-order valence-corrected chi connectivity index (χ1v) is 12.6. The number of benzene rings is 2. The SMILES string of the molecule is Cc1cccc(C)c1-c1nc2nc(c1C)OC[C@@H](CC(C)C)Nc1cccc(c1)S(=O)(=O)N2. The van der Waals surface area contributed by atoms with Crippen LogP contribution in [-0.4, -0.2) is 31.0 Å². The zero-order chi connectivity index (χ0) is 23.8. The summed E-state index contributed by atoms with van der Waals surface area (Å²) in [7, 11) is -3.89. The molecule has 0 aliphatic carbocycles. The van der Waals surface area contributed by atoms with Crippen LogP contribution in [0.5, 0.6) is 5.88 Å². The summed E-state index contributed by atoms with van der Waals surface area (Å²) in [6, 6.07) is 12.8. The van der Waals surface area contributed by atoms with Crippen LogP contribution in [0.2, 0.25) is 0 Å². The second kappa shape index (κ2) is 9.02. The van der Waals surface area contributed by atoms with E-state index in [1.54, 1.807) is 18.2 Å². The molecule has 0 radical (unpaired) electrons. The molecule has 2 aromatic carbocycles. The summed E-state index contributed by atoms with van der Waals surface area (Å²) in [5.74, 6) is 0.799. The largest absolute Gasteiger partial charge is 0.475 e. The summed E-state index contributed by atoms with van der Waals surface area (Å²) >= 11 is 0. The van der Waals surface area contributed by atoms with Crippen molar-refractivity contribution in [2.45, 2.75) is 52.0 Å². The minimum absolute atomic E-state index is 0.00685. The average Bonchev–Trinajstić information content (AvgIpc) is 2.73. The standard InChI is InChI=1S/C25H30N4O3S/c1-15(2)12-20-14-32-24-18(5)23(22-16(3)8-6-9-17(22)4)27-25(28-24)29-33(30,31)21-11-7-10-19(13-21)26-20/h6-11,13,15,20,26H,12,14H2,1-5H3,(H,27,28,29)/t20-/m1/s1. The summed E-state index contributed by atoms with van der Waals surface area (Å²) in [4.78, 5) is 9.23. The first-order valence-electron chi connectivity index (χ1n) is 11.1. The van der Waals surface area contributed by atoms with Gasteiger partial charge in [0.2, 0.25) is 11.8 Å². The van der Waals surface area contributed by atoms with Gasteiger partial charge in [-0.1, -0.05) is 38.1 Å². The Bertz CT molecular complexity index is 1270. The molecule has 2 heterocycles. The fourth-order valence-electron chi connectivity index (χ4n) is 4.20. The highest BCUT2D eigenvalue weighted by Gasteiger charge is 2.23. The van der Waals surface area contributed by atoms with Crippen molar-refractivity contribution in [3.05, 3.63) is 59.2 Å². The van der Waals surface area contributed by atoms with Crippen LogP contribution < -0.4 is 14.8 Å². The Hall–Kier alpha value is -3.13. The lowest BCUT2D eigenvalue weighted by atomic mass is 9.97. The monoisotopic (exact) mass is 466 g/mol. The summed E-state index contributed by atoms with van der Waals surface area (Å²) in [6.07, 6.45) is 0.857. The van der Waals surface area contributed by atoms with Gasteiger partial charge >= 0.3 is 0 Å². The number of ether oxygens (including phenoxy) is 1. The third kappa shape index (κ3) is 4.95. The second-order valence-corrected chi connectivity index (χ2v) is 10.7. The van der Waals surface area contributed by atoms with E-state index in [0.29, 0.717) is 24.1 Å². The van der Waals surface area contributed by atoms with Crippen molar-refractivity contribution in [2.75, 3.05) is 16.6 Å². The lowest BCUT2D eigenvalue weighted by Gasteiger charge is -2.24. The maximum atomic E-state index is 13.2. The number of sulfonamides is 1. The number of aryl methyl sites for hydroxylation is 2. The van der Waals surface area contributed by atoms with Gasteiger partial charge in [-0.2, -0.15) is 4.98 Å². The maximum absolute atomic E-state index is 13.2. The van der Waals surface area contributed by atoms with Crippen molar-refractivity contribution in [3.8, 4) is 17.1 Å². The minimum atomic E-state index is -3.89. The van der Waals surface area contributed by atoms with E-state index in [0.717, 1.165) is 34.4 Å². The van der Waals surface area contributed by atoms with Gasteiger partial charge in [0, 0.05) is 16.8 Å². The molecule has 0 fully saturated rings. The Morgan fingerprint density at radius 2 is 1.76 bits per heavy atom. The normalized spacial score (nSPS) is 17.2. The van der Waals surface area contributed by atoms with Gasteiger partial charge < -0.3 is 10.1 Å². The molecule has 1 aliphatic heterocycles. The predicted octanol–water partition coefficient (Wildman–Crippen LogP) is 5.09. The van der Waals surface area contributed by atoms with Crippen molar-refractivity contribution < 1.29 is 13.2 Å². The molecule has 1 atom stereocenters. The van der Waals surface area contributed by atoms with E-state index < -0.39 is 10.0 Å². The van der Waals surface area contributed by atoms with Crippen molar-refractivity contribution >= 4 is 21.7 Å². The molecule has 4 rings (SSSR count). The highest BCUT2D eigenvalue weighted by Crippen LogP contribution is 2.34. The molecule has 0 saturated heterocycles.